The highest BCUT2D eigenvalue weighted by Gasteiger charge is 2.14. The van der Waals surface area contributed by atoms with E-state index in [1.54, 1.807) is 13.0 Å². The Hall–Kier alpha value is -2.47. The van der Waals surface area contributed by atoms with Crippen molar-refractivity contribution >= 4 is 34.4 Å². The molecule has 5 nitrogen and oxygen atoms in total. The highest BCUT2D eigenvalue weighted by Crippen LogP contribution is 2.26. The van der Waals surface area contributed by atoms with E-state index < -0.39 is 0 Å². The summed E-state index contributed by atoms with van der Waals surface area (Å²) in [5.41, 5.74) is 4.36. The van der Waals surface area contributed by atoms with Crippen LogP contribution in [0.3, 0.4) is 0 Å². The Bertz CT molecular complexity index is 771. The van der Waals surface area contributed by atoms with Crippen molar-refractivity contribution in [1.29, 1.82) is 0 Å². The van der Waals surface area contributed by atoms with Gasteiger partial charge in [0, 0.05) is 17.3 Å². The number of nitro groups is 1. The molecule has 2 aromatic carbocycles. The maximum absolute atomic E-state index is 11.1. The number of benzene rings is 2. The van der Waals surface area contributed by atoms with Crippen molar-refractivity contribution in [3.63, 3.8) is 0 Å². The quantitative estimate of drug-likeness (QED) is 0.457. The zero-order valence-electron chi connectivity index (χ0n) is 14.2. The molecule has 0 amide bonds. The Morgan fingerprint density at radius 1 is 1.08 bits per heavy atom. The fourth-order valence-corrected chi connectivity index (χ4v) is 2.64. The second-order valence-corrected chi connectivity index (χ2v) is 6.47. The first-order valence-corrected chi connectivity index (χ1v) is 8.12. The van der Waals surface area contributed by atoms with Crippen LogP contribution in [0.5, 0.6) is 0 Å². The zero-order chi connectivity index (χ0) is 17.9. The summed E-state index contributed by atoms with van der Waals surface area (Å²) in [4.78, 5) is 10.7. The van der Waals surface area contributed by atoms with Crippen LogP contribution in [-0.4, -0.2) is 10.0 Å². The fourth-order valence-electron chi connectivity index (χ4n) is 2.41. The molecular formula is C18H21N3O2S. The third-order valence-corrected chi connectivity index (χ3v) is 4.03. The number of hydrogen-bond acceptors (Lipinski definition) is 3. The lowest BCUT2D eigenvalue weighted by atomic mass is 10.0. The monoisotopic (exact) mass is 343 g/mol. The average molecular weight is 343 g/mol. The predicted octanol–water partition coefficient (Wildman–Crippen LogP) is 5.14. The fraction of sp³-hybridized carbons (Fsp3) is 0.278. The van der Waals surface area contributed by atoms with Crippen molar-refractivity contribution in [1.82, 2.24) is 0 Å². The van der Waals surface area contributed by atoms with Crippen molar-refractivity contribution in [2.45, 2.75) is 33.6 Å². The van der Waals surface area contributed by atoms with Crippen LogP contribution in [0.15, 0.2) is 36.4 Å². The minimum Gasteiger partial charge on any atom is -0.332 e. The smallest absolute Gasteiger partial charge is 0.274 e. The number of rotatable bonds is 4. The first kappa shape index (κ1) is 17.9. The van der Waals surface area contributed by atoms with E-state index in [0.29, 0.717) is 22.3 Å². The summed E-state index contributed by atoms with van der Waals surface area (Å²) >= 11 is 5.31. The second-order valence-electron chi connectivity index (χ2n) is 6.07. The van der Waals surface area contributed by atoms with Gasteiger partial charge >= 0.3 is 0 Å². The van der Waals surface area contributed by atoms with E-state index in [1.807, 2.05) is 19.1 Å². The Kier molecular flexibility index (Phi) is 5.51. The molecule has 0 spiro atoms. The van der Waals surface area contributed by atoms with Crippen LogP contribution in [0.1, 0.15) is 36.5 Å². The van der Waals surface area contributed by atoms with E-state index in [0.717, 1.165) is 11.3 Å². The summed E-state index contributed by atoms with van der Waals surface area (Å²) in [5.74, 6) is 0.472. The molecule has 0 fully saturated rings. The van der Waals surface area contributed by atoms with E-state index in [9.17, 15) is 10.1 Å². The van der Waals surface area contributed by atoms with Gasteiger partial charge in [0.1, 0.15) is 0 Å². The van der Waals surface area contributed by atoms with Crippen molar-refractivity contribution in [2.24, 2.45) is 0 Å². The molecule has 0 radical (unpaired) electrons. The standard InChI is InChI=1S/C18H21N3O2S/c1-11(2)14-5-7-15(8-6-14)19-18(24)20-16-10-17(21(22)23)13(4)9-12(16)3/h5-11H,1-4H3,(H2,19,20,24). The van der Waals surface area contributed by atoms with E-state index in [1.165, 1.54) is 11.6 Å². The van der Waals surface area contributed by atoms with Crippen LogP contribution in [0.2, 0.25) is 0 Å². The van der Waals surface area contributed by atoms with Crippen LogP contribution in [0.25, 0.3) is 0 Å². The molecule has 2 aromatic rings. The van der Waals surface area contributed by atoms with Crippen molar-refractivity contribution in [3.05, 3.63) is 63.2 Å². The van der Waals surface area contributed by atoms with Crippen LogP contribution < -0.4 is 10.6 Å². The molecule has 126 valence electrons. The summed E-state index contributed by atoms with van der Waals surface area (Å²) in [5, 5.41) is 17.6. The van der Waals surface area contributed by atoms with Crippen LogP contribution in [0.4, 0.5) is 17.1 Å². The number of nitrogens with zero attached hydrogens (tertiary/aromatic N) is 1. The van der Waals surface area contributed by atoms with E-state index in [-0.39, 0.29) is 10.6 Å². The Balaban J connectivity index is 2.12. The molecule has 0 unspecified atom stereocenters. The Morgan fingerprint density at radius 3 is 2.25 bits per heavy atom. The Morgan fingerprint density at radius 2 is 1.71 bits per heavy atom. The molecule has 0 atom stereocenters. The maximum Gasteiger partial charge on any atom is 0.274 e. The van der Waals surface area contributed by atoms with Gasteiger partial charge in [0.2, 0.25) is 0 Å². The third kappa shape index (κ3) is 4.29. The summed E-state index contributed by atoms with van der Waals surface area (Å²) in [6, 6.07) is 11.3. The molecule has 6 heteroatoms. The molecule has 2 N–H and O–H groups in total. The molecule has 0 bridgehead atoms. The summed E-state index contributed by atoms with van der Waals surface area (Å²) in [6.07, 6.45) is 0. The van der Waals surface area contributed by atoms with Gasteiger partial charge in [-0.25, -0.2) is 0 Å². The SMILES string of the molecule is Cc1cc(C)c([N+](=O)[O-])cc1NC(=S)Nc1ccc(C(C)C)cc1. The molecular weight excluding hydrogens is 322 g/mol. The highest BCUT2D eigenvalue weighted by atomic mass is 32.1. The molecule has 0 aromatic heterocycles. The lowest BCUT2D eigenvalue weighted by molar-refractivity contribution is -0.385. The first-order chi connectivity index (χ1) is 11.3. The number of aryl methyl sites for hydroxylation is 2. The molecule has 0 aliphatic carbocycles. The molecule has 0 saturated carbocycles. The van der Waals surface area contributed by atoms with E-state index in [2.05, 4.69) is 36.6 Å². The molecule has 0 aliphatic rings. The highest BCUT2D eigenvalue weighted by molar-refractivity contribution is 7.80. The minimum atomic E-state index is -0.388. The van der Waals surface area contributed by atoms with Gasteiger partial charge < -0.3 is 10.6 Å². The third-order valence-electron chi connectivity index (χ3n) is 3.82. The molecule has 0 saturated heterocycles. The van der Waals surface area contributed by atoms with Crippen LogP contribution in [0, 0.1) is 24.0 Å². The van der Waals surface area contributed by atoms with Gasteiger partial charge in [0.25, 0.3) is 5.69 Å². The zero-order valence-corrected chi connectivity index (χ0v) is 15.0. The maximum atomic E-state index is 11.1. The van der Waals surface area contributed by atoms with Crippen LogP contribution >= 0.6 is 12.2 Å². The topological polar surface area (TPSA) is 67.2 Å². The number of nitrogens with one attached hydrogen (secondary N) is 2. The lowest BCUT2D eigenvalue weighted by Crippen LogP contribution is -2.19. The van der Waals surface area contributed by atoms with E-state index >= 15 is 0 Å². The summed E-state index contributed by atoms with van der Waals surface area (Å²) < 4.78 is 0. The van der Waals surface area contributed by atoms with Gasteiger partial charge in [-0.1, -0.05) is 26.0 Å². The molecule has 24 heavy (non-hydrogen) atoms. The van der Waals surface area contributed by atoms with Crippen LogP contribution in [-0.2, 0) is 0 Å². The van der Waals surface area contributed by atoms with Gasteiger partial charge in [0.15, 0.2) is 5.11 Å². The van der Waals surface area contributed by atoms with Gasteiger partial charge in [-0.15, -0.1) is 0 Å². The van der Waals surface area contributed by atoms with Crippen molar-refractivity contribution in [3.8, 4) is 0 Å². The second kappa shape index (κ2) is 7.40. The molecule has 0 aliphatic heterocycles. The molecule has 2 rings (SSSR count). The van der Waals surface area contributed by atoms with Gasteiger partial charge in [-0.2, -0.15) is 0 Å². The number of anilines is 2. The number of nitro benzene ring substituents is 1. The average Bonchev–Trinajstić information content (AvgIpc) is 2.50. The van der Waals surface area contributed by atoms with Gasteiger partial charge in [-0.3, -0.25) is 10.1 Å². The van der Waals surface area contributed by atoms with Gasteiger partial charge in [0.05, 0.1) is 10.6 Å². The molecule has 0 heterocycles. The largest absolute Gasteiger partial charge is 0.332 e. The normalized spacial score (nSPS) is 10.5. The first-order valence-electron chi connectivity index (χ1n) is 7.71. The lowest BCUT2D eigenvalue weighted by Gasteiger charge is -2.14. The predicted molar refractivity (Wildman–Crippen MR) is 103 cm³/mol. The number of hydrogen-bond donors (Lipinski definition) is 2. The van der Waals surface area contributed by atoms with Crippen molar-refractivity contribution < 1.29 is 4.92 Å². The Labute approximate surface area is 147 Å². The summed E-state index contributed by atoms with van der Waals surface area (Å²) in [6.45, 7) is 7.89. The van der Waals surface area contributed by atoms with Crippen molar-refractivity contribution in [2.75, 3.05) is 10.6 Å². The minimum absolute atomic E-state index is 0.0761. The van der Waals surface area contributed by atoms with E-state index in [4.69, 9.17) is 12.2 Å². The summed E-state index contributed by atoms with van der Waals surface area (Å²) in [7, 11) is 0. The number of thiocarbonyl (C=S) groups is 1. The van der Waals surface area contributed by atoms with Gasteiger partial charge in [-0.05, 0) is 61.3 Å².